The van der Waals surface area contributed by atoms with Gasteiger partial charge >= 0.3 is 12.1 Å². The minimum atomic E-state index is -4.46. The molecule has 1 heterocycles. The molecule has 0 aliphatic carbocycles. The fourth-order valence-electron chi connectivity index (χ4n) is 1.51. The van der Waals surface area contributed by atoms with E-state index in [1.807, 2.05) is 6.92 Å². The van der Waals surface area contributed by atoms with Crippen molar-refractivity contribution >= 4 is 17.3 Å². The third-order valence-corrected chi connectivity index (χ3v) is 3.60. The van der Waals surface area contributed by atoms with Crippen molar-refractivity contribution < 1.29 is 22.7 Å². The van der Waals surface area contributed by atoms with Crippen LogP contribution in [0.1, 0.15) is 42.0 Å². The average molecular weight is 281 g/mol. The van der Waals surface area contributed by atoms with E-state index in [9.17, 15) is 18.0 Å². The second-order valence-electron chi connectivity index (χ2n) is 3.78. The van der Waals surface area contributed by atoms with Crippen molar-refractivity contribution in [2.75, 3.05) is 7.11 Å². The fourth-order valence-corrected chi connectivity index (χ4v) is 2.41. The molecule has 1 aromatic rings. The summed E-state index contributed by atoms with van der Waals surface area (Å²) in [7, 11) is 1.23. The van der Waals surface area contributed by atoms with E-state index in [-0.39, 0.29) is 0 Å². The maximum absolute atomic E-state index is 12.4. The first-order valence-electron chi connectivity index (χ1n) is 5.50. The summed E-state index contributed by atoms with van der Waals surface area (Å²) >= 11 is 0.505. The van der Waals surface area contributed by atoms with Crippen LogP contribution in [0.15, 0.2) is 6.20 Å². The summed E-state index contributed by atoms with van der Waals surface area (Å²) in [5.74, 6) is -1.16. The summed E-state index contributed by atoms with van der Waals surface area (Å²) in [6, 6.07) is 0. The van der Waals surface area contributed by atoms with E-state index in [1.165, 1.54) is 7.11 Å². The van der Waals surface area contributed by atoms with Gasteiger partial charge in [-0.15, -0.1) is 11.3 Å². The van der Waals surface area contributed by atoms with Gasteiger partial charge in [-0.25, -0.2) is 4.98 Å². The monoisotopic (exact) mass is 281 g/mol. The quantitative estimate of drug-likeness (QED) is 0.774. The molecule has 1 aromatic heterocycles. The van der Waals surface area contributed by atoms with Crippen LogP contribution in [-0.2, 0) is 15.7 Å². The van der Waals surface area contributed by atoms with Gasteiger partial charge in [-0.2, -0.15) is 13.2 Å². The second-order valence-corrected chi connectivity index (χ2v) is 4.85. The van der Waals surface area contributed by atoms with Crippen molar-refractivity contribution in [1.29, 1.82) is 0 Å². The Labute approximate surface area is 107 Å². The maximum Gasteiger partial charge on any atom is 0.443 e. The number of esters is 1. The highest BCUT2D eigenvalue weighted by molar-refractivity contribution is 7.11. The number of unbranched alkanes of at least 4 members (excludes halogenated alkanes) is 1. The number of methoxy groups -OCH3 is 1. The molecule has 0 aliphatic heterocycles. The maximum atomic E-state index is 12.4. The van der Waals surface area contributed by atoms with Crippen LogP contribution in [0.3, 0.4) is 0 Å². The normalized spacial score (nSPS) is 13.4. The van der Waals surface area contributed by atoms with Crippen LogP contribution >= 0.6 is 11.3 Å². The topological polar surface area (TPSA) is 39.2 Å². The van der Waals surface area contributed by atoms with Gasteiger partial charge in [0.25, 0.3) is 0 Å². The highest BCUT2D eigenvalue weighted by Gasteiger charge is 2.36. The Hall–Kier alpha value is -1.11. The smallest absolute Gasteiger partial charge is 0.443 e. The average Bonchev–Trinajstić information content (AvgIpc) is 2.78. The Morgan fingerprint density at radius 3 is 2.67 bits per heavy atom. The van der Waals surface area contributed by atoms with E-state index in [0.29, 0.717) is 22.6 Å². The highest BCUT2D eigenvalue weighted by atomic mass is 32.1. The molecular weight excluding hydrogens is 267 g/mol. The van der Waals surface area contributed by atoms with Crippen molar-refractivity contribution in [2.45, 2.75) is 38.3 Å². The Kier molecular flexibility index (Phi) is 5.13. The van der Waals surface area contributed by atoms with Gasteiger partial charge in [-0.3, -0.25) is 4.79 Å². The highest BCUT2D eigenvalue weighted by Crippen LogP contribution is 2.36. The first-order chi connectivity index (χ1) is 8.40. The zero-order valence-corrected chi connectivity index (χ0v) is 10.9. The van der Waals surface area contributed by atoms with Crippen molar-refractivity contribution in [3.8, 4) is 0 Å². The van der Waals surface area contributed by atoms with E-state index >= 15 is 0 Å². The number of rotatable bonds is 5. The van der Waals surface area contributed by atoms with Gasteiger partial charge in [-0.1, -0.05) is 19.8 Å². The molecule has 3 nitrogen and oxygen atoms in total. The fraction of sp³-hybridized carbons (Fsp3) is 0.636. The second kappa shape index (κ2) is 6.17. The van der Waals surface area contributed by atoms with E-state index in [0.717, 1.165) is 19.0 Å². The van der Waals surface area contributed by atoms with Crippen LogP contribution in [-0.4, -0.2) is 18.1 Å². The number of carbonyl (C=O) groups excluding carboxylic acids is 1. The molecule has 18 heavy (non-hydrogen) atoms. The number of nitrogens with zero attached hydrogens (tertiary/aromatic N) is 1. The summed E-state index contributed by atoms with van der Waals surface area (Å²) in [6.07, 6.45) is -1.26. The van der Waals surface area contributed by atoms with Crippen molar-refractivity contribution in [3.05, 3.63) is 16.1 Å². The van der Waals surface area contributed by atoms with Crippen LogP contribution < -0.4 is 0 Å². The molecule has 1 rings (SSSR count). The van der Waals surface area contributed by atoms with Gasteiger partial charge in [0.2, 0.25) is 0 Å². The van der Waals surface area contributed by atoms with Gasteiger partial charge in [0, 0.05) is 11.1 Å². The van der Waals surface area contributed by atoms with E-state index in [2.05, 4.69) is 9.72 Å². The van der Waals surface area contributed by atoms with E-state index in [1.54, 1.807) is 0 Å². The molecule has 0 bridgehead atoms. The lowest BCUT2D eigenvalue weighted by Gasteiger charge is -2.11. The third-order valence-electron chi connectivity index (χ3n) is 2.44. The van der Waals surface area contributed by atoms with Crippen LogP contribution in [0.5, 0.6) is 0 Å². The molecule has 0 saturated carbocycles. The zero-order chi connectivity index (χ0) is 13.8. The number of hydrogen-bond donors (Lipinski definition) is 0. The Morgan fingerprint density at radius 1 is 1.56 bits per heavy atom. The predicted molar refractivity (Wildman–Crippen MR) is 61.4 cm³/mol. The molecule has 0 saturated heterocycles. The van der Waals surface area contributed by atoms with Gasteiger partial charge in [0.1, 0.15) is 0 Å². The number of hydrogen-bond acceptors (Lipinski definition) is 4. The van der Waals surface area contributed by atoms with Crippen molar-refractivity contribution in [2.24, 2.45) is 0 Å². The van der Waals surface area contributed by atoms with E-state index in [4.69, 9.17) is 0 Å². The summed E-state index contributed by atoms with van der Waals surface area (Å²) in [4.78, 5) is 15.2. The molecular formula is C11H14F3NO2S. The molecule has 0 amide bonds. The molecule has 0 aromatic carbocycles. The summed E-state index contributed by atoms with van der Waals surface area (Å²) in [5.41, 5.74) is 0. The lowest BCUT2D eigenvalue weighted by Crippen LogP contribution is -2.13. The van der Waals surface area contributed by atoms with Crippen LogP contribution in [0.4, 0.5) is 13.2 Å². The molecule has 7 heteroatoms. The van der Waals surface area contributed by atoms with Gasteiger partial charge in [0.15, 0.2) is 5.01 Å². The molecule has 1 unspecified atom stereocenters. The van der Waals surface area contributed by atoms with Crippen LogP contribution in [0.2, 0.25) is 0 Å². The number of alkyl halides is 3. The number of aromatic nitrogens is 1. The Bertz CT molecular complexity index is 403. The van der Waals surface area contributed by atoms with Crippen molar-refractivity contribution in [3.63, 3.8) is 0 Å². The summed E-state index contributed by atoms with van der Waals surface area (Å²) < 4.78 is 41.9. The SMILES string of the molecule is CCCCC(C(=O)OC)c1cnc(C(F)(F)F)s1. The molecule has 0 aliphatic rings. The van der Waals surface area contributed by atoms with Crippen molar-refractivity contribution in [1.82, 2.24) is 4.98 Å². The lowest BCUT2D eigenvalue weighted by molar-refractivity contribution is -0.142. The number of thiazole rings is 1. The van der Waals surface area contributed by atoms with E-state index < -0.39 is 23.1 Å². The van der Waals surface area contributed by atoms with Crippen LogP contribution in [0, 0.1) is 0 Å². The van der Waals surface area contributed by atoms with Crippen LogP contribution in [0.25, 0.3) is 0 Å². The van der Waals surface area contributed by atoms with Gasteiger partial charge in [0.05, 0.1) is 13.0 Å². The minimum Gasteiger partial charge on any atom is -0.469 e. The third kappa shape index (κ3) is 3.69. The first kappa shape index (κ1) is 14.9. The summed E-state index contributed by atoms with van der Waals surface area (Å²) in [6.45, 7) is 1.95. The lowest BCUT2D eigenvalue weighted by atomic mass is 10.0. The first-order valence-corrected chi connectivity index (χ1v) is 6.32. The number of carbonyl (C=O) groups is 1. The molecule has 1 atom stereocenters. The summed E-state index contributed by atoms with van der Waals surface area (Å²) in [5, 5.41) is -0.928. The van der Waals surface area contributed by atoms with Gasteiger partial charge < -0.3 is 4.74 Å². The Morgan fingerprint density at radius 2 is 2.22 bits per heavy atom. The largest absolute Gasteiger partial charge is 0.469 e. The molecule has 0 fully saturated rings. The molecule has 0 spiro atoms. The zero-order valence-electron chi connectivity index (χ0n) is 10.1. The standard InChI is InChI=1S/C11H14F3NO2S/c1-3-4-5-7(9(16)17-2)8-6-15-10(18-8)11(12,13)14/h6-7H,3-5H2,1-2H3. The van der Waals surface area contributed by atoms with Gasteiger partial charge in [-0.05, 0) is 6.42 Å². The number of halogens is 3. The molecule has 0 N–H and O–H groups in total. The molecule has 0 radical (unpaired) electrons. The Balaban J connectivity index is 2.91. The molecule has 102 valence electrons. The number of ether oxygens (including phenoxy) is 1. The predicted octanol–water partition coefficient (Wildman–Crippen LogP) is 3.61. The minimum absolute atomic E-state index is 0.308.